The van der Waals surface area contributed by atoms with Crippen LogP contribution >= 0.6 is 23.2 Å². The molecule has 0 radical (unpaired) electrons. The van der Waals surface area contributed by atoms with Gasteiger partial charge < -0.3 is 24.4 Å². The number of nitrogens with zero attached hydrogens (tertiary/aromatic N) is 1. The van der Waals surface area contributed by atoms with E-state index in [0.29, 0.717) is 29.7 Å². The Kier molecular flexibility index (Phi) is 6.94. The number of nitrogens with one attached hydrogen (secondary N) is 1. The van der Waals surface area contributed by atoms with Gasteiger partial charge in [0.25, 0.3) is 0 Å². The van der Waals surface area contributed by atoms with Crippen LogP contribution in [0.4, 0.5) is 11.4 Å². The molecule has 146 valence electrons. The van der Waals surface area contributed by atoms with Crippen molar-refractivity contribution < 1.29 is 14.2 Å². The Morgan fingerprint density at radius 1 is 1.15 bits per heavy atom. The number of rotatable bonds is 7. The van der Waals surface area contributed by atoms with Crippen molar-refractivity contribution in [3.05, 3.63) is 45.9 Å². The van der Waals surface area contributed by atoms with Crippen molar-refractivity contribution >= 4 is 34.6 Å². The van der Waals surface area contributed by atoms with Crippen molar-refractivity contribution in [3.63, 3.8) is 0 Å². The van der Waals surface area contributed by atoms with Crippen molar-refractivity contribution in [3.8, 4) is 11.5 Å². The monoisotopic (exact) mass is 410 g/mol. The molecule has 7 heteroatoms. The van der Waals surface area contributed by atoms with E-state index in [1.807, 2.05) is 31.2 Å². The van der Waals surface area contributed by atoms with E-state index < -0.39 is 0 Å². The first-order valence-electron chi connectivity index (χ1n) is 8.97. The Morgan fingerprint density at radius 2 is 1.93 bits per heavy atom. The van der Waals surface area contributed by atoms with Gasteiger partial charge in [-0.05, 0) is 31.2 Å². The van der Waals surface area contributed by atoms with Gasteiger partial charge in [0.1, 0.15) is 0 Å². The van der Waals surface area contributed by atoms with E-state index >= 15 is 0 Å². The SMILES string of the molecule is CCOc1c(CNc2ccc(N3CCOCC3)c(Cl)c2)cc(Cl)cc1OC. The first-order chi connectivity index (χ1) is 13.1. The second-order valence-corrected chi connectivity index (χ2v) is 6.99. The van der Waals surface area contributed by atoms with E-state index in [2.05, 4.69) is 10.2 Å². The predicted molar refractivity (Wildman–Crippen MR) is 111 cm³/mol. The highest BCUT2D eigenvalue weighted by atomic mass is 35.5. The summed E-state index contributed by atoms with van der Waals surface area (Å²) in [7, 11) is 1.61. The van der Waals surface area contributed by atoms with Gasteiger partial charge >= 0.3 is 0 Å². The van der Waals surface area contributed by atoms with Crippen LogP contribution in [0, 0.1) is 0 Å². The number of methoxy groups -OCH3 is 1. The molecule has 1 fully saturated rings. The quantitative estimate of drug-likeness (QED) is 0.706. The van der Waals surface area contributed by atoms with Crippen LogP contribution < -0.4 is 19.7 Å². The van der Waals surface area contributed by atoms with Crippen LogP contribution in [0.25, 0.3) is 0 Å². The molecule has 1 heterocycles. The first-order valence-corrected chi connectivity index (χ1v) is 9.73. The summed E-state index contributed by atoms with van der Waals surface area (Å²) in [6.45, 7) is 6.19. The van der Waals surface area contributed by atoms with E-state index in [1.54, 1.807) is 13.2 Å². The molecule has 1 aliphatic heterocycles. The minimum absolute atomic E-state index is 0.541. The molecule has 0 saturated carbocycles. The normalized spacial score (nSPS) is 14.1. The van der Waals surface area contributed by atoms with Crippen molar-refractivity contribution in [2.24, 2.45) is 0 Å². The van der Waals surface area contributed by atoms with Gasteiger partial charge in [0.2, 0.25) is 0 Å². The largest absolute Gasteiger partial charge is 0.493 e. The van der Waals surface area contributed by atoms with Crippen LogP contribution in [0.5, 0.6) is 11.5 Å². The van der Waals surface area contributed by atoms with Crippen LogP contribution in [-0.2, 0) is 11.3 Å². The van der Waals surface area contributed by atoms with Crippen LogP contribution in [0.3, 0.4) is 0 Å². The molecular formula is C20H24Cl2N2O3. The molecule has 0 amide bonds. The van der Waals surface area contributed by atoms with E-state index in [4.69, 9.17) is 37.4 Å². The molecule has 0 spiro atoms. The van der Waals surface area contributed by atoms with E-state index in [-0.39, 0.29) is 0 Å². The minimum atomic E-state index is 0.541. The van der Waals surface area contributed by atoms with E-state index in [0.717, 1.165) is 48.3 Å². The standard InChI is InChI=1S/C20H24Cl2N2O3/c1-3-27-20-14(10-15(21)11-19(20)25-2)13-23-16-4-5-18(17(22)12-16)24-6-8-26-9-7-24/h4-5,10-12,23H,3,6-9,13H2,1-2H3. The Hall–Kier alpha value is -1.82. The summed E-state index contributed by atoms with van der Waals surface area (Å²) in [6, 6.07) is 9.64. The maximum atomic E-state index is 6.51. The zero-order valence-corrected chi connectivity index (χ0v) is 17.1. The Bertz CT molecular complexity index is 780. The third kappa shape index (κ3) is 4.92. The summed E-state index contributed by atoms with van der Waals surface area (Å²) in [5.74, 6) is 1.33. The van der Waals surface area contributed by atoms with Crippen LogP contribution in [-0.4, -0.2) is 40.0 Å². The summed E-state index contributed by atoms with van der Waals surface area (Å²) in [5, 5.41) is 4.71. The second-order valence-electron chi connectivity index (χ2n) is 6.15. The topological polar surface area (TPSA) is 43.0 Å². The van der Waals surface area contributed by atoms with Crippen molar-refractivity contribution in [1.82, 2.24) is 0 Å². The lowest BCUT2D eigenvalue weighted by Gasteiger charge is -2.29. The molecule has 0 bridgehead atoms. The van der Waals surface area contributed by atoms with E-state index in [9.17, 15) is 0 Å². The fraction of sp³-hybridized carbons (Fsp3) is 0.400. The number of hydrogen-bond donors (Lipinski definition) is 1. The number of anilines is 2. The lowest BCUT2D eigenvalue weighted by molar-refractivity contribution is 0.122. The highest BCUT2D eigenvalue weighted by molar-refractivity contribution is 6.33. The number of halogens is 2. The van der Waals surface area contributed by atoms with E-state index in [1.165, 1.54) is 0 Å². The van der Waals surface area contributed by atoms with Gasteiger partial charge in [-0.3, -0.25) is 0 Å². The molecule has 0 aliphatic carbocycles. The summed E-state index contributed by atoms with van der Waals surface area (Å²) >= 11 is 12.7. The lowest BCUT2D eigenvalue weighted by atomic mass is 10.1. The summed E-state index contributed by atoms with van der Waals surface area (Å²) in [5.41, 5.74) is 2.89. The van der Waals surface area contributed by atoms with Gasteiger partial charge in [-0.15, -0.1) is 0 Å². The summed E-state index contributed by atoms with van der Waals surface area (Å²) < 4.78 is 16.6. The molecule has 3 rings (SSSR count). The number of benzene rings is 2. The summed E-state index contributed by atoms with van der Waals surface area (Å²) in [4.78, 5) is 2.24. The molecule has 0 aromatic heterocycles. The molecule has 0 unspecified atom stereocenters. The van der Waals surface area contributed by atoms with Crippen LogP contribution in [0.1, 0.15) is 12.5 Å². The first kappa shape index (κ1) is 19.9. The van der Waals surface area contributed by atoms with Gasteiger partial charge in [0.05, 0.1) is 37.6 Å². The Morgan fingerprint density at radius 3 is 2.59 bits per heavy atom. The molecular weight excluding hydrogens is 387 g/mol. The second kappa shape index (κ2) is 9.40. The van der Waals surface area contributed by atoms with Crippen molar-refractivity contribution in [2.75, 3.05) is 50.2 Å². The van der Waals surface area contributed by atoms with Gasteiger partial charge in [-0.25, -0.2) is 0 Å². The molecule has 2 aromatic carbocycles. The smallest absolute Gasteiger partial charge is 0.166 e. The van der Waals surface area contributed by atoms with Gasteiger partial charge in [0.15, 0.2) is 11.5 Å². The molecule has 0 atom stereocenters. The average Bonchev–Trinajstić information content (AvgIpc) is 2.68. The lowest BCUT2D eigenvalue weighted by Crippen LogP contribution is -2.36. The fourth-order valence-corrected chi connectivity index (χ4v) is 3.62. The Balaban J connectivity index is 1.75. The molecule has 1 N–H and O–H groups in total. The zero-order chi connectivity index (χ0) is 19.2. The molecule has 2 aromatic rings. The fourth-order valence-electron chi connectivity index (χ4n) is 3.09. The highest BCUT2D eigenvalue weighted by Crippen LogP contribution is 2.36. The highest BCUT2D eigenvalue weighted by Gasteiger charge is 2.15. The third-order valence-corrected chi connectivity index (χ3v) is 4.91. The number of ether oxygens (including phenoxy) is 3. The number of morpholine rings is 1. The molecule has 1 saturated heterocycles. The maximum absolute atomic E-state index is 6.51. The van der Waals surface area contributed by atoms with Gasteiger partial charge in [-0.2, -0.15) is 0 Å². The Labute approximate surface area is 170 Å². The minimum Gasteiger partial charge on any atom is -0.493 e. The molecule has 27 heavy (non-hydrogen) atoms. The third-order valence-electron chi connectivity index (χ3n) is 4.39. The van der Waals surface area contributed by atoms with Crippen LogP contribution in [0.2, 0.25) is 10.0 Å². The molecule has 1 aliphatic rings. The van der Waals surface area contributed by atoms with Gasteiger partial charge in [-0.1, -0.05) is 23.2 Å². The zero-order valence-electron chi connectivity index (χ0n) is 15.6. The van der Waals surface area contributed by atoms with Crippen molar-refractivity contribution in [2.45, 2.75) is 13.5 Å². The molecule has 5 nitrogen and oxygen atoms in total. The predicted octanol–water partition coefficient (Wildman–Crippen LogP) is 4.85. The van der Waals surface area contributed by atoms with Crippen molar-refractivity contribution in [1.29, 1.82) is 0 Å². The van der Waals surface area contributed by atoms with Gasteiger partial charge in [0, 0.05) is 42.0 Å². The maximum Gasteiger partial charge on any atom is 0.166 e. The number of hydrogen-bond acceptors (Lipinski definition) is 5. The van der Waals surface area contributed by atoms with Crippen LogP contribution in [0.15, 0.2) is 30.3 Å². The average molecular weight is 411 g/mol. The summed E-state index contributed by atoms with van der Waals surface area (Å²) in [6.07, 6.45) is 0.